The number of carbonyl (C=O) groups is 1. The van der Waals surface area contributed by atoms with Gasteiger partial charge in [0, 0.05) is 22.0 Å². The number of benzene rings is 2. The van der Waals surface area contributed by atoms with E-state index < -0.39 is 0 Å². The first-order valence-electron chi connectivity index (χ1n) is 9.88. The van der Waals surface area contributed by atoms with E-state index in [2.05, 4.69) is 43.4 Å². The first-order valence-corrected chi connectivity index (χ1v) is 10.7. The molecule has 0 saturated heterocycles. The van der Waals surface area contributed by atoms with Gasteiger partial charge >= 0.3 is 6.03 Å². The highest BCUT2D eigenvalue weighted by Gasteiger charge is 2.35. The number of aryl methyl sites for hydroxylation is 2. The van der Waals surface area contributed by atoms with Gasteiger partial charge in [0.25, 0.3) is 0 Å². The Bertz CT molecular complexity index is 993. The maximum atomic E-state index is 13.3. The molecule has 3 nitrogen and oxygen atoms in total. The molecule has 1 N–H and O–H groups in total. The first kappa shape index (κ1) is 18.8. The molecular weight excluding hydrogens is 364 g/mol. The van der Waals surface area contributed by atoms with Crippen molar-refractivity contribution in [2.24, 2.45) is 0 Å². The molecule has 0 aliphatic carbocycles. The maximum Gasteiger partial charge on any atom is 0.322 e. The zero-order valence-electron chi connectivity index (χ0n) is 16.7. The molecule has 4 rings (SSSR count). The van der Waals surface area contributed by atoms with Crippen molar-refractivity contribution < 1.29 is 4.79 Å². The van der Waals surface area contributed by atoms with E-state index in [1.165, 1.54) is 26.4 Å². The summed E-state index contributed by atoms with van der Waals surface area (Å²) in [5, 5.41) is 3.11. The molecule has 0 unspecified atom stereocenters. The van der Waals surface area contributed by atoms with Gasteiger partial charge in [0.15, 0.2) is 0 Å². The molecule has 144 valence electrons. The Morgan fingerprint density at radius 1 is 1.14 bits per heavy atom. The number of thiophene rings is 1. The van der Waals surface area contributed by atoms with Crippen molar-refractivity contribution in [1.29, 1.82) is 0 Å². The highest BCUT2D eigenvalue weighted by atomic mass is 32.1. The van der Waals surface area contributed by atoms with E-state index >= 15 is 0 Å². The number of nitrogens with one attached hydrogen (secondary N) is 1. The molecule has 1 aliphatic rings. The lowest BCUT2D eigenvalue weighted by molar-refractivity contribution is 0.195. The van der Waals surface area contributed by atoms with Gasteiger partial charge in [0.05, 0.1) is 6.04 Å². The Kier molecular flexibility index (Phi) is 5.23. The number of hydrogen-bond acceptors (Lipinski definition) is 2. The fraction of sp³-hybridized carbons (Fsp3) is 0.292. The van der Waals surface area contributed by atoms with Crippen molar-refractivity contribution in [3.63, 3.8) is 0 Å². The molecular formula is C24H26N2OS. The minimum Gasteiger partial charge on any atom is -0.312 e. The zero-order valence-corrected chi connectivity index (χ0v) is 17.5. The monoisotopic (exact) mass is 390 g/mol. The second-order valence-electron chi connectivity index (χ2n) is 7.39. The molecule has 2 amide bonds. The first-order chi connectivity index (χ1) is 13.6. The van der Waals surface area contributed by atoms with Crippen LogP contribution in [0.15, 0.2) is 54.6 Å². The molecule has 3 aromatic rings. The largest absolute Gasteiger partial charge is 0.322 e. The van der Waals surface area contributed by atoms with Gasteiger partial charge in [-0.15, -0.1) is 11.3 Å². The summed E-state index contributed by atoms with van der Waals surface area (Å²) >= 11 is 1.85. The normalized spacial score (nSPS) is 16.0. The fourth-order valence-electron chi connectivity index (χ4n) is 4.21. The minimum atomic E-state index is -0.0331. The van der Waals surface area contributed by atoms with Gasteiger partial charge in [0.1, 0.15) is 0 Å². The van der Waals surface area contributed by atoms with Crippen molar-refractivity contribution in [3.8, 4) is 0 Å². The van der Waals surface area contributed by atoms with Gasteiger partial charge in [-0.1, -0.05) is 49.4 Å². The lowest BCUT2D eigenvalue weighted by atomic mass is 9.92. The molecule has 1 atom stereocenters. The highest BCUT2D eigenvalue weighted by molar-refractivity contribution is 7.12. The van der Waals surface area contributed by atoms with Crippen molar-refractivity contribution >= 4 is 23.1 Å². The van der Waals surface area contributed by atoms with Crippen molar-refractivity contribution in [3.05, 3.63) is 86.6 Å². The van der Waals surface area contributed by atoms with Crippen LogP contribution in [0.25, 0.3) is 0 Å². The SMILES string of the molecule is CCc1c(C)sc2c1CCN(C(=O)Nc1cccc(C)c1)[C@@H]2c1ccccc1. The van der Waals surface area contributed by atoms with Gasteiger partial charge in [-0.05, 0) is 61.1 Å². The van der Waals surface area contributed by atoms with Gasteiger partial charge in [0.2, 0.25) is 0 Å². The third-order valence-corrected chi connectivity index (χ3v) is 6.75. The third kappa shape index (κ3) is 3.45. The summed E-state index contributed by atoms with van der Waals surface area (Å²) in [6.45, 7) is 7.20. The molecule has 0 bridgehead atoms. The predicted molar refractivity (Wildman–Crippen MR) is 117 cm³/mol. The van der Waals surface area contributed by atoms with Crippen LogP contribution in [-0.2, 0) is 12.8 Å². The molecule has 2 aromatic carbocycles. The van der Waals surface area contributed by atoms with E-state index in [0.29, 0.717) is 0 Å². The number of nitrogens with zero attached hydrogens (tertiary/aromatic N) is 1. The average molecular weight is 391 g/mol. The van der Waals surface area contributed by atoms with E-state index in [4.69, 9.17) is 0 Å². The van der Waals surface area contributed by atoms with Crippen LogP contribution >= 0.6 is 11.3 Å². The second-order valence-corrected chi connectivity index (χ2v) is 8.65. The lowest BCUT2D eigenvalue weighted by Gasteiger charge is -2.36. The number of rotatable bonds is 3. The minimum absolute atomic E-state index is 0.0289. The summed E-state index contributed by atoms with van der Waals surface area (Å²) in [4.78, 5) is 18.0. The molecule has 1 aliphatic heterocycles. The van der Waals surface area contributed by atoms with Crippen LogP contribution in [-0.4, -0.2) is 17.5 Å². The number of urea groups is 1. The van der Waals surface area contributed by atoms with Gasteiger partial charge in [-0.2, -0.15) is 0 Å². The van der Waals surface area contributed by atoms with Gasteiger partial charge < -0.3 is 10.2 Å². The molecule has 0 saturated carbocycles. The van der Waals surface area contributed by atoms with Crippen LogP contribution in [0.1, 0.15) is 45.0 Å². The third-order valence-electron chi connectivity index (χ3n) is 5.51. The van der Waals surface area contributed by atoms with Crippen LogP contribution in [0.2, 0.25) is 0 Å². The summed E-state index contributed by atoms with van der Waals surface area (Å²) in [5.41, 5.74) is 6.09. The molecule has 2 heterocycles. The van der Waals surface area contributed by atoms with E-state index in [1.807, 2.05) is 53.5 Å². The molecule has 0 spiro atoms. The fourth-order valence-corrected chi connectivity index (χ4v) is 5.66. The molecule has 0 fully saturated rings. The Labute approximate surface area is 171 Å². The lowest BCUT2D eigenvalue weighted by Crippen LogP contribution is -2.42. The molecule has 0 radical (unpaired) electrons. The van der Waals surface area contributed by atoms with E-state index in [9.17, 15) is 4.79 Å². The molecule has 4 heteroatoms. The summed E-state index contributed by atoms with van der Waals surface area (Å²) in [6.07, 6.45) is 1.97. The summed E-state index contributed by atoms with van der Waals surface area (Å²) in [6, 6.07) is 18.3. The molecule has 1 aromatic heterocycles. The van der Waals surface area contributed by atoms with Crippen LogP contribution < -0.4 is 5.32 Å². The van der Waals surface area contributed by atoms with Crippen LogP contribution in [0.3, 0.4) is 0 Å². The van der Waals surface area contributed by atoms with Crippen LogP contribution in [0.5, 0.6) is 0 Å². The number of fused-ring (bicyclic) bond motifs is 1. The Morgan fingerprint density at radius 2 is 1.93 bits per heavy atom. The Hall–Kier alpha value is -2.59. The number of carbonyl (C=O) groups excluding carboxylic acids is 1. The van der Waals surface area contributed by atoms with Crippen molar-refractivity contribution in [2.75, 3.05) is 11.9 Å². The van der Waals surface area contributed by atoms with Crippen molar-refractivity contribution in [2.45, 2.75) is 39.7 Å². The predicted octanol–water partition coefficient (Wildman–Crippen LogP) is 6.11. The van der Waals surface area contributed by atoms with Crippen molar-refractivity contribution in [1.82, 2.24) is 4.90 Å². The quantitative estimate of drug-likeness (QED) is 0.575. The van der Waals surface area contributed by atoms with E-state index in [-0.39, 0.29) is 12.1 Å². The standard InChI is InChI=1S/C24H26N2OS/c1-4-20-17(3)28-23-21(20)13-14-26(22(23)18-10-6-5-7-11-18)24(27)25-19-12-8-9-16(2)15-19/h5-12,15,22H,4,13-14H2,1-3H3,(H,25,27)/t22-/m1/s1. The number of amides is 2. The summed E-state index contributed by atoms with van der Waals surface area (Å²) in [7, 11) is 0. The Morgan fingerprint density at radius 3 is 2.64 bits per heavy atom. The topological polar surface area (TPSA) is 32.3 Å². The summed E-state index contributed by atoms with van der Waals surface area (Å²) < 4.78 is 0. The number of anilines is 1. The molecule has 28 heavy (non-hydrogen) atoms. The second kappa shape index (κ2) is 7.80. The Balaban J connectivity index is 1.72. The van der Waals surface area contributed by atoms with Gasteiger partial charge in [-0.25, -0.2) is 4.79 Å². The van der Waals surface area contributed by atoms with Crippen LogP contribution in [0, 0.1) is 13.8 Å². The smallest absolute Gasteiger partial charge is 0.312 e. The van der Waals surface area contributed by atoms with Crippen LogP contribution in [0.4, 0.5) is 10.5 Å². The zero-order chi connectivity index (χ0) is 19.7. The van der Waals surface area contributed by atoms with E-state index in [0.717, 1.165) is 30.6 Å². The van der Waals surface area contributed by atoms with E-state index in [1.54, 1.807) is 0 Å². The average Bonchev–Trinajstić information content (AvgIpc) is 3.02. The highest BCUT2D eigenvalue weighted by Crippen LogP contribution is 2.42. The van der Waals surface area contributed by atoms with Gasteiger partial charge in [-0.3, -0.25) is 0 Å². The number of hydrogen-bond donors (Lipinski definition) is 1. The summed E-state index contributed by atoms with van der Waals surface area (Å²) in [5.74, 6) is 0. The maximum absolute atomic E-state index is 13.3.